The molecule has 8 heteroatoms. The summed E-state index contributed by atoms with van der Waals surface area (Å²) in [6, 6.07) is 3.43. The molecular formula is C11H8F2N6. The molecular weight excluding hydrogens is 254 g/mol. The zero-order valence-electron chi connectivity index (χ0n) is 9.48. The number of hydrogen-bond acceptors (Lipinski definition) is 5. The Kier molecular flexibility index (Phi) is 2.48. The molecule has 2 heterocycles. The molecule has 19 heavy (non-hydrogen) atoms. The van der Waals surface area contributed by atoms with Crippen molar-refractivity contribution in [2.75, 3.05) is 11.1 Å². The van der Waals surface area contributed by atoms with Crippen molar-refractivity contribution in [1.29, 1.82) is 0 Å². The maximum atomic E-state index is 13.1. The smallest absolute Gasteiger partial charge is 0.224 e. The molecule has 0 bridgehead atoms. The fraction of sp³-hybridized carbons (Fsp3) is 0. The molecule has 0 saturated carbocycles. The molecule has 0 fully saturated rings. The van der Waals surface area contributed by atoms with Gasteiger partial charge in [0.05, 0.1) is 6.33 Å². The van der Waals surface area contributed by atoms with Crippen LogP contribution in [0.5, 0.6) is 0 Å². The van der Waals surface area contributed by atoms with Gasteiger partial charge in [-0.3, -0.25) is 0 Å². The summed E-state index contributed by atoms with van der Waals surface area (Å²) in [4.78, 5) is 14.7. The lowest BCUT2D eigenvalue weighted by atomic mass is 10.3. The summed E-state index contributed by atoms with van der Waals surface area (Å²) < 4.78 is 26.0. The van der Waals surface area contributed by atoms with Crippen molar-refractivity contribution >= 4 is 28.6 Å². The number of imidazole rings is 1. The fourth-order valence-electron chi connectivity index (χ4n) is 1.65. The van der Waals surface area contributed by atoms with Gasteiger partial charge in [-0.2, -0.15) is 9.97 Å². The summed E-state index contributed by atoms with van der Waals surface area (Å²) in [7, 11) is 0. The minimum atomic E-state index is -0.951. The minimum Gasteiger partial charge on any atom is -0.368 e. The van der Waals surface area contributed by atoms with E-state index in [1.807, 2.05) is 0 Å². The molecule has 3 aromatic rings. The quantitative estimate of drug-likeness (QED) is 0.656. The standard InChI is InChI=1S/C11H8F2N6/c12-6-2-1-5(3-7(6)13)17-10-8-9(16-4-15-8)18-11(14)19-10/h1-4H,(H4,14,15,16,17,18,19). The molecule has 0 aliphatic rings. The van der Waals surface area contributed by atoms with Gasteiger partial charge >= 0.3 is 0 Å². The van der Waals surface area contributed by atoms with E-state index in [4.69, 9.17) is 5.73 Å². The van der Waals surface area contributed by atoms with E-state index in [0.29, 0.717) is 22.7 Å². The number of benzene rings is 1. The monoisotopic (exact) mass is 262 g/mol. The highest BCUT2D eigenvalue weighted by Gasteiger charge is 2.10. The van der Waals surface area contributed by atoms with E-state index >= 15 is 0 Å². The van der Waals surface area contributed by atoms with Crippen LogP contribution >= 0.6 is 0 Å². The van der Waals surface area contributed by atoms with Crippen molar-refractivity contribution in [3.05, 3.63) is 36.2 Å². The summed E-state index contributed by atoms with van der Waals surface area (Å²) in [5.74, 6) is -1.50. The van der Waals surface area contributed by atoms with Crippen LogP contribution in [0.1, 0.15) is 0 Å². The molecule has 0 aliphatic carbocycles. The van der Waals surface area contributed by atoms with Crippen LogP contribution in [0, 0.1) is 11.6 Å². The normalized spacial score (nSPS) is 10.8. The molecule has 6 nitrogen and oxygen atoms in total. The molecule has 2 aromatic heterocycles. The third kappa shape index (κ3) is 2.03. The Hall–Kier alpha value is -2.77. The summed E-state index contributed by atoms with van der Waals surface area (Å²) in [6.45, 7) is 0. The van der Waals surface area contributed by atoms with E-state index in [9.17, 15) is 8.78 Å². The summed E-state index contributed by atoms with van der Waals surface area (Å²) in [5.41, 5.74) is 6.80. The highest BCUT2D eigenvalue weighted by atomic mass is 19.2. The van der Waals surface area contributed by atoms with Crippen LogP contribution in [-0.4, -0.2) is 19.9 Å². The van der Waals surface area contributed by atoms with Gasteiger partial charge in [0.2, 0.25) is 5.95 Å². The van der Waals surface area contributed by atoms with Gasteiger partial charge in [0.1, 0.15) is 5.52 Å². The van der Waals surface area contributed by atoms with Crippen LogP contribution in [-0.2, 0) is 0 Å². The highest BCUT2D eigenvalue weighted by molar-refractivity contribution is 5.85. The number of hydrogen-bond donors (Lipinski definition) is 3. The Labute approximate surface area is 105 Å². The zero-order valence-corrected chi connectivity index (χ0v) is 9.48. The van der Waals surface area contributed by atoms with E-state index in [-0.39, 0.29) is 5.95 Å². The summed E-state index contributed by atoms with van der Waals surface area (Å²) in [6.07, 6.45) is 1.44. The van der Waals surface area contributed by atoms with E-state index in [1.165, 1.54) is 12.4 Å². The number of rotatable bonds is 2. The van der Waals surface area contributed by atoms with Crippen LogP contribution in [0.4, 0.5) is 26.2 Å². The van der Waals surface area contributed by atoms with E-state index in [1.54, 1.807) is 0 Å². The third-order valence-corrected chi connectivity index (χ3v) is 2.49. The van der Waals surface area contributed by atoms with Gasteiger partial charge in [-0.05, 0) is 12.1 Å². The van der Waals surface area contributed by atoms with Gasteiger partial charge < -0.3 is 16.0 Å². The topological polar surface area (TPSA) is 92.5 Å². The van der Waals surface area contributed by atoms with Crippen LogP contribution in [0.25, 0.3) is 11.2 Å². The number of nitrogens with zero attached hydrogens (tertiary/aromatic N) is 3. The fourth-order valence-corrected chi connectivity index (χ4v) is 1.65. The molecule has 0 aliphatic heterocycles. The largest absolute Gasteiger partial charge is 0.368 e. The summed E-state index contributed by atoms with van der Waals surface area (Å²) in [5, 5.41) is 2.83. The predicted octanol–water partition coefficient (Wildman–Crippen LogP) is 1.96. The predicted molar refractivity (Wildman–Crippen MR) is 65.7 cm³/mol. The van der Waals surface area contributed by atoms with Gasteiger partial charge in [-0.15, -0.1) is 0 Å². The number of H-pyrrole nitrogens is 1. The van der Waals surface area contributed by atoms with Crippen LogP contribution in [0.3, 0.4) is 0 Å². The molecule has 0 unspecified atom stereocenters. The SMILES string of the molecule is Nc1nc(Nc2ccc(F)c(F)c2)c2[nH]cnc2n1. The minimum absolute atomic E-state index is 0.0321. The Bertz CT molecular complexity index is 754. The maximum Gasteiger partial charge on any atom is 0.224 e. The Morgan fingerprint density at radius 2 is 2.00 bits per heavy atom. The first-order valence-electron chi connectivity index (χ1n) is 5.32. The lowest BCUT2D eigenvalue weighted by Crippen LogP contribution is -2.01. The Morgan fingerprint density at radius 3 is 2.79 bits per heavy atom. The number of aromatic nitrogens is 4. The number of nitrogens with two attached hydrogens (primary N) is 1. The van der Waals surface area contributed by atoms with Crippen LogP contribution in [0.2, 0.25) is 0 Å². The average Bonchev–Trinajstić information content (AvgIpc) is 2.82. The molecule has 0 atom stereocenters. The second-order valence-electron chi connectivity index (χ2n) is 3.79. The number of halogens is 2. The molecule has 0 spiro atoms. The van der Waals surface area contributed by atoms with Gasteiger partial charge in [0.15, 0.2) is 23.1 Å². The number of nitrogens with one attached hydrogen (secondary N) is 2. The maximum absolute atomic E-state index is 13.1. The molecule has 0 amide bonds. The van der Waals surface area contributed by atoms with E-state index in [2.05, 4.69) is 25.3 Å². The molecule has 96 valence electrons. The highest BCUT2D eigenvalue weighted by Crippen LogP contribution is 2.22. The second-order valence-corrected chi connectivity index (χ2v) is 3.79. The van der Waals surface area contributed by atoms with Crippen molar-refractivity contribution in [2.45, 2.75) is 0 Å². The number of fused-ring (bicyclic) bond motifs is 1. The van der Waals surface area contributed by atoms with Gasteiger partial charge in [-0.1, -0.05) is 0 Å². The molecule has 3 rings (SSSR count). The Balaban J connectivity index is 2.04. The first-order valence-corrected chi connectivity index (χ1v) is 5.32. The van der Waals surface area contributed by atoms with Crippen molar-refractivity contribution in [2.24, 2.45) is 0 Å². The molecule has 1 aromatic carbocycles. The van der Waals surface area contributed by atoms with Crippen molar-refractivity contribution in [1.82, 2.24) is 19.9 Å². The lowest BCUT2D eigenvalue weighted by molar-refractivity contribution is 0.509. The number of nitrogen functional groups attached to an aromatic ring is 1. The Morgan fingerprint density at radius 1 is 1.16 bits per heavy atom. The number of anilines is 3. The average molecular weight is 262 g/mol. The van der Waals surface area contributed by atoms with Crippen LogP contribution in [0.15, 0.2) is 24.5 Å². The van der Waals surface area contributed by atoms with Gasteiger partial charge in [-0.25, -0.2) is 13.8 Å². The van der Waals surface area contributed by atoms with Gasteiger partial charge in [0, 0.05) is 11.8 Å². The van der Waals surface area contributed by atoms with Crippen molar-refractivity contribution in [3.8, 4) is 0 Å². The first-order chi connectivity index (χ1) is 9.13. The van der Waals surface area contributed by atoms with E-state index < -0.39 is 11.6 Å². The molecule has 0 radical (unpaired) electrons. The third-order valence-electron chi connectivity index (χ3n) is 2.49. The molecule has 0 saturated heterocycles. The number of aromatic amines is 1. The van der Waals surface area contributed by atoms with E-state index in [0.717, 1.165) is 12.1 Å². The van der Waals surface area contributed by atoms with Crippen molar-refractivity contribution < 1.29 is 8.78 Å². The van der Waals surface area contributed by atoms with Gasteiger partial charge in [0.25, 0.3) is 0 Å². The summed E-state index contributed by atoms with van der Waals surface area (Å²) >= 11 is 0. The lowest BCUT2D eigenvalue weighted by Gasteiger charge is -2.07. The zero-order chi connectivity index (χ0) is 13.4. The van der Waals surface area contributed by atoms with Crippen molar-refractivity contribution in [3.63, 3.8) is 0 Å². The second kappa shape index (κ2) is 4.16. The van der Waals surface area contributed by atoms with Crippen LogP contribution < -0.4 is 11.1 Å². The first kappa shape index (κ1) is 11.3. The molecule has 4 N–H and O–H groups in total.